The minimum atomic E-state index is 0.887. The van der Waals surface area contributed by atoms with Crippen LogP contribution in [-0.4, -0.2) is 12.1 Å². The van der Waals surface area contributed by atoms with Gasteiger partial charge in [-0.05, 0) is 36.6 Å². The second-order valence-electron chi connectivity index (χ2n) is 2.98. The Hall–Kier alpha value is -1.57. The van der Waals surface area contributed by atoms with Crippen molar-refractivity contribution >= 4 is 10.8 Å². The van der Waals surface area contributed by atoms with E-state index in [9.17, 15) is 0 Å². The zero-order valence-electron chi connectivity index (χ0n) is 9.74. The zero-order valence-corrected chi connectivity index (χ0v) is 9.74. The molecule has 2 aromatic rings. The molecule has 2 rings (SSSR count). The van der Waals surface area contributed by atoms with Crippen molar-refractivity contribution in [2.24, 2.45) is 0 Å². The number of rotatable bonds is 1. The third-order valence-corrected chi connectivity index (χ3v) is 2.17. The Labute approximate surface area is 90.9 Å². The van der Waals surface area contributed by atoms with Crippen LogP contribution in [0.5, 0.6) is 5.75 Å². The monoisotopic (exact) mass is 203 g/mol. The Balaban J connectivity index is 0.000000531. The summed E-state index contributed by atoms with van der Waals surface area (Å²) in [5, 5.41) is 2.36. The van der Waals surface area contributed by atoms with Gasteiger partial charge in [0.1, 0.15) is 5.75 Å². The lowest BCUT2D eigenvalue weighted by molar-refractivity contribution is 0.415. The molecule has 0 aliphatic rings. The first-order valence-corrected chi connectivity index (χ1v) is 5.20. The maximum atomic E-state index is 5.14. The van der Waals surface area contributed by atoms with Crippen molar-refractivity contribution in [2.45, 2.75) is 20.8 Å². The van der Waals surface area contributed by atoms with Crippen LogP contribution >= 0.6 is 0 Å². The summed E-state index contributed by atoms with van der Waals surface area (Å²) in [4.78, 5) is 4.22. The molecule has 0 saturated carbocycles. The highest BCUT2D eigenvalue weighted by atomic mass is 16.5. The second kappa shape index (κ2) is 5.35. The fourth-order valence-corrected chi connectivity index (χ4v) is 1.43. The van der Waals surface area contributed by atoms with Gasteiger partial charge in [-0.1, -0.05) is 13.8 Å². The van der Waals surface area contributed by atoms with Crippen LogP contribution in [0.4, 0.5) is 0 Å². The summed E-state index contributed by atoms with van der Waals surface area (Å²) >= 11 is 0. The number of ether oxygens (including phenoxy) is 1. The number of nitrogens with zero attached hydrogens (tertiary/aromatic N) is 1. The Morgan fingerprint density at radius 2 is 1.87 bits per heavy atom. The molecule has 0 amide bonds. The van der Waals surface area contributed by atoms with E-state index in [0.717, 1.165) is 11.4 Å². The molecule has 0 spiro atoms. The molecule has 2 heteroatoms. The maximum absolute atomic E-state index is 5.14. The van der Waals surface area contributed by atoms with Crippen molar-refractivity contribution in [1.29, 1.82) is 0 Å². The average Bonchev–Trinajstić information content (AvgIpc) is 2.31. The summed E-state index contributed by atoms with van der Waals surface area (Å²) in [6, 6.07) is 8.00. The first-order chi connectivity index (χ1) is 7.31. The molecular formula is C13H17NO. The number of fused-ring (bicyclic) bond motifs is 1. The van der Waals surface area contributed by atoms with E-state index in [1.807, 2.05) is 51.2 Å². The van der Waals surface area contributed by atoms with E-state index in [2.05, 4.69) is 4.98 Å². The van der Waals surface area contributed by atoms with E-state index in [1.54, 1.807) is 7.11 Å². The van der Waals surface area contributed by atoms with Gasteiger partial charge in [0.25, 0.3) is 0 Å². The van der Waals surface area contributed by atoms with Crippen molar-refractivity contribution in [3.63, 3.8) is 0 Å². The third-order valence-electron chi connectivity index (χ3n) is 2.17. The standard InChI is InChI=1S/C11H11NO.C2H6/c1-8-11-4-3-10(13-2)7-9(11)5-6-12-8;1-2/h3-7H,1-2H3;1-2H3. The minimum absolute atomic E-state index is 0.887. The lowest BCUT2D eigenvalue weighted by Gasteiger charge is -2.03. The van der Waals surface area contributed by atoms with Crippen LogP contribution in [0.2, 0.25) is 0 Å². The van der Waals surface area contributed by atoms with Crippen molar-refractivity contribution in [1.82, 2.24) is 4.98 Å². The molecule has 1 aromatic heterocycles. The average molecular weight is 203 g/mol. The molecule has 0 fully saturated rings. The quantitative estimate of drug-likeness (QED) is 0.706. The van der Waals surface area contributed by atoms with E-state index in [1.165, 1.54) is 10.8 Å². The lowest BCUT2D eigenvalue weighted by atomic mass is 10.1. The summed E-state index contributed by atoms with van der Waals surface area (Å²) in [5.74, 6) is 0.887. The molecule has 0 saturated heterocycles. The van der Waals surface area contributed by atoms with Crippen LogP contribution in [0, 0.1) is 6.92 Å². The predicted molar refractivity (Wildman–Crippen MR) is 64.4 cm³/mol. The van der Waals surface area contributed by atoms with Crippen LogP contribution in [0.3, 0.4) is 0 Å². The van der Waals surface area contributed by atoms with Crippen molar-refractivity contribution < 1.29 is 4.74 Å². The number of aromatic nitrogens is 1. The summed E-state index contributed by atoms with van der Waals surface area (Å²) in [6.45, 7) is 6.01. The molecule has 80 valence electrons. The minimum Gasteiger partial charge on any atom is -0.497 e. The van der Waals surface area contributed by atoms with Gasteiger partial charge in [-0.25, -0.2) is 0 Å². The third kappa shape index (κ3) is 2.46. The van der Waals surface area contributed by atoms with Gasteiger partial charge in [0.05, 0.1) is 7.11 Å². The highest BCUT2D eigenvalue weighted by Crippen LogP contribution is 2.21. The van der Waals surface area contributed by atoms with E-state index >= 15 is 0 Å². The van der Waals surface area contributed by atoms with Crippen LogP contribution < -0.4 is 4.74 Å². The van der Waals surface area contributed by atoms with Gasteiger partial charge >= 0.3 is 0 Å². The topological polar surface area (TPSA) is 22.1 Å². The smallest absolute Gasteiger partial charge is 0.119 e. The van der Waals surface area contributed by atoms with Crippen molar-refractivity contribution in [2.75, 3.05) is 7.11 Å². The van der Waals surface area contributed by atoms with Gasteiger partial charge in [-0.3, -0.25) is 4.98 Å². The molecule has 0 aliphatic heterocycles. The number of hydrogen-bond donors (Lipinski definition) is 0. The Bertz CT molecular complexity index is 437. The molecule has 0 aliphatic carbocycles. The van der Waals surface area contributed by atoms with Crippen LogP contribution in [0.1, 0.15) is 19.5 Å². The highest BCUT2D eigenvalue weighted by Gasteiger charge is 1.98. The van der Waals surface area contributed by atoms with E-state index in [4.69, 9.17) is 4.74 Å². The Morgan fingerprint density at radius 1 is 1.13 bits per heavy atom. The molecule has 1 aromatic carbocycles. The molecule has 0 bridgehead atoms. The predicted octanol–water partition coefficient (Wildman–Crippen LogP) is 3.58. The summed E-state index contributed by atoms with van der Waals surface area (Å²) in [6.07, 6.45) is 1.82. The molecule has 15 heavy (non-hydrogen) atoms. The highest BCUT2D eigenvalue weighted by molar-refractivity contribution is 5.85. The van der Waals surface area contributed by atoms with Gasteiger partial charge in [-0.2, -0.15) is 0 Å². The molecule has 2 nitrogen and oxygen atoms in total. The molecule has 0 atom stereocenters. The van der Waals surface area contributed by atoms with E-state index in [0.29, 0.717) is 0 Å². The van der Waals surface area contributed by atoms with Gasteiger partial charge in [0.15, 0.2) is 0 Å². The number of methoxy groups -OCH3 is 1. The van der Waals surface area contributed by atoms with Crippen LogP contribution in [0.25, 0.3) is 10.8 Å². The maximum Gasteiger partial charge on any atom is 0.119 e. The lowest BCUT2D eigenvalue weighted by Crippen LogP contribution is -1.85. The van der Waals surface area contributed by atoms with E-state index in [-0.39, 0.29) is 0 Å². The first kappa shape index (κ1) is 11.5. The van der Waals surface area contributed by atoms with Crippen molar-refractivity contribution in [3.8, 4) is 5.75 Å². The van der Waals surface area contributed by atoms with Gasteiger partial charge in [0, 0.05) is 17.3 Å². The van der Waals surface area contributed by atoms with E-state index < -0.39 is 0 Å². The largest absolute Gasteiger partial charge is 0.497 e. The normalized spacial score (nSPS) is 9.33. The molecule has 0 unspecified atom stereocenters. The number of aryl methyl sites for hydroxylation is 1. The fraction of sp³-hybridized carbons (Fsp3) is 0.308. The number of hydrogen-bond acceptors (Lipinski definition) is 2. The van der Waals surface area contributed by atoms with Gasteiger partial charge < -0.3 is 4.74 Å². The first-order valence-electron chi connectivity index (χ1n) is 5.20. The summed E-state index contributed by atoms with van der Waals surface area (Å²) < 4.78 is 5.14. The van der Waals surface area contributed by atoms with Gasteiger partial charge in [-0.15, -0.1) is 0 Å². The van der Waals surface area contributed by atoms with Crippen molar-refractivity contribution in [3.05, 3.63) is 36.2 Å². The van der Waals surface area contributed by atoms with Crippen LogP contribution in [-0.2, 0) is 0 Å². The Morgan fingerprint density at radius 3 is 2.53 bits per heavy atom. The second-order valence-corrected chi connectivity index (χ2v) is 2.98. The Kier molecular flexibility index (Phi) is 4.10. The number of pyridine rings is 1. The molecular weight excluding hydrogens is 186 g/mol. The molecule has 0 radical (unpaired) electrons. The summed E-state index contributed by atoms with van der Waals surface area (Å²) in [7, 11) is 1.68. The SMILES string of the molecule is CC.COc1ccc2c(C)nccc2c1. The fourth-order valence-electron chi connectivity index (χ4n) is 1.43. The van der Waals surface area contributed by atoms with Gasteiger partial charge in [0.2, 0.25) is 0 Å². The summed E-state index contributed by atoms with van der Waals surface area (Å²) in [5.41, 5.74) is 1.06. The molecule has 1 heterocycles. The van der Waals surface area contributed by atoms with Crippen LogP contribution in [0.15, 0.2) is 30.5 Å². The number of benzene rings is 1. The molecule has 0 N–H and O–H groups in total. The zero-order chi connectivity index (χ0) is 11.3.